The quantitative estimate of drug-likeness (QED) is 0.682. The van der Waals surface area contributed by atoms with E-state index in [-0.39, 0.29) is 12.3 Å². The number of unbranched alkanes of at least 4 members (excludes halogenated alkanes) is 1. The molecule has 0 aliphatic heterocycles. The van der Waals surface area contributed by atoms with E-state index in [1.165, 1.54) is 11.3 Å². The third-order valence-corrected chi connectivity index (χ3v) is 4.35. The van der Waals surface area contributed by atoms with Gasteiger partial charge in [0.05, 0.1) is 4.88 Å². The average Bonchev–Trinajstić information content (AvgIpc) is 3.22. The molecular weight excluding hydrogens is 330 g/mol. The molecule has 2 N–H and O–H groups in total. The predicted molar refractivity (Wildman–Crippen MR) is 89.6 cm³/mol. The molecule has 0 saturated heterocycles. The number of carboxylic acids is 1. The number of carbonyl (C=O) groups excluding carboxylic acids is 1. The van der Waals surface area contributed by atoms with E-state index < -0.39 is 12.0 Å². The molecule has 24 heavy (non-hydrogen) atoms. The minimum absolute atomic E-state index is 0.229. The summed E-state index contributed by atoms with van der Waals surface area (Å²) >= 11 is 1.53. The minimum atomic E-state index is -0.991. The topological polar surface area (TPSA) is 105 Å². The highest BCUT2D eigenvalue weighted by atomic mass is 32.1. The Morgan fingerprint density at radius 2 is 2.25 bits per heavy atom. The maximum absolute atomic E-state index is 11.9. The molecule has 0 fully saturated rings. The van der Waals surface area contributed by atoms with Crippen LogP contribution in [0.25, 0.3) is 10.7 Å². The molecule has 0 saturated carbocycles. The van der Waals surface area contributed by atoms with Crippen LogP contribution in [0.5, 0.6) is 0 Å². The summed E-state index contributed by atoms with van der Waals surface area (Å²) in [5.74, 6) is -0.229. The summed E-state index contributed by atoms with van der Waals surface area (Å²) in [5.41, 5.74) is 0. The van der Waals surface area contributed by atoms with Crippen molar-refractivity contribution in [3.05, 3.63) is 23.4 Å². The van der Waals surface area contributed by atoms with E-state index in [1.54, 1.807) is 0 Å². The first kappa shape index (κ1) is 18.1. The van der Waals surface area contributed by atoms with Crippen molar-refractivity contribution in [1.82, 2.24) is 15.5 Å². The lowest BCUT2D eigenvalue weighted by atomic mass is 10.1. The number of thiophene rings is 1. The fraction of sp³-hybridized carbons (Fsp3) is 0.500. The van der Waals surface area contributed by atoms with Crippen LogP contribution < -0.4 is 5.32 Å². The number of nitrogens with one attached hydrogen (secondary N) is 1. The molecule has 2 rings (SSSR count). The lowest BCUT2D eigenvalue weighted by Gasteiger charge is -2.13. The molecule has 0 spiro atoms. The van der Waals surface area contributed by atoms with Gasteiger partial charge in [-0.15, -0.1) is 11.3 Å². The molecular formula is C16H21N3O4S. The summed E-state index contributed by atoms with van der Waals surface area (Å²) in [6.45, 7) is 1.98. The van der Waals surface area contributed by atoms with Gasteiger partial charge < -0.3 is 14.9 Å². The first-order chi connectivity index (χ1) is 11.6. The number of aromatic nitrogens is 2. The van der Waals surface area contributed by atoms with E-state index in [1.807, 2.05) is 24.4 Å². The van der Waals surface area contributed by atoms with Crippen molar-refractivity contribution in [3.63, 3.8) is 0 Å². The largest absolute Gasteiger partial charge is 0.480 e. The maximum atomic E-state index is 11.9. The molecule has 2 aromatic rings. The first-order valence-electron chi connectivity index (χ1n) is 7.98. The van der Waals surface area contributed by atoms with Crippen LogP contribution in [-0.2, 0) is 16.0 Å². The van der Waals surface area contributed by atoms with Gasteiger partial charge in [-0.1, -0.05) is 31.0 Å². The number of amides is 1. The highest BCUT2D eigenvalue weighted by Gasteiger charge is 2.19. The van der Waals surface area contributed by atoms with Crippen LogP contribution in [-0.4, -0.2) is 33.2 Å². The van der Waals surface area contributed by atoms with Crippen LogP contribution in [0.1, 0.15) is 44.9 Å². The van der Waals surface area contributed by atoms with Crippen molar-refractivity contribution in [3.8, 4) is 10.7 Å². The number of nitrogens with zero attached hydrogens (tertiary/aromatic N) is 2. The summed E-state index contributed by atoms with van der Waals surface area (Å²) < 4.78 is 5.16. The van der Waals surface area contributed by atoms with E-state index in [0.717, 1.165) is 17.7 Å². The van der Waals surface area contributed by atoms with Gasteiger partial charge in [0.2, 0.25) is 17.6 Å². The Kier molecular flexibility index (Phi) is 6.92. The Morgan fingerprint density at radius 1 is 1.42 bits per heavy atom. The number of carboxylic acid groups (broad SMARTS) is 1. The second-order valence-electron chi connectivity index (χ2n) is 5.44. The highest BCUT2D eigenvalue weighted by Crippen LogP contribution is 2.21. The average molecular weight is 351 g/mol. The monoisotopic (exact) mass is 351 g/mol. The van der Waals surface area contributed by atoms with Crippen LogP contribution in [0.2, 0.25) is 0 Å². The molecule has 7 nitrogen and oxygen atoms in total. The molecule has 0 radical (unpaired) electrons. The molecule has 0 aliphatic rings. The summed E-state index contributed by atoms with van der Waals surface area (Å²) in [7, 11) is 0. The Morgan fingerprint density at radius 3 is 2.92 bits per heavy atom. The van der Waals surface area contributed by atoms with Gasteiger partial charge >= 0.3 is 5.97 Å². The van der Waals surface area contributed by atoms with E-state index >= 15 is 0 Å². The van der Waals surface area contributed by atoms with Gasteiger partial charge in [-0.05, 0) is 24.3 Å². The van der Waals surface area contributed by atoms with Gasteiger partial charge in [-0.2, -0.15) is 4.98 Å². The minimum Gasteiger partial charge on any atom is -0.480 e. The molecule has 1 unspecified atom stereocenters. The second-order valence-corrected chi connectivity index (χ2v) is 6.39. The molecule has 8 heteroatoms. The van der Waals surface area contributed by atoms with Crippen molar-refractivity contribution in [2.24, 2.45) is 0 Å². The number of hydrogen-bond acceptors (Lipinski definition) is 6. The van der Waals surface area contributed by atoms with Gasteiger partial charge in [0.1, 0.15) is 6.04 Å². The fourth-order valence-corrected chi connectivity index (χ4v) is 2.84. The lowest BCUT2D eigenvalue weighted by Crippen LogP contribution is -2.40. The second kappa shape index (κ2) is 9.17. The third kappa shape index (κ3) is 5.45. The highest BCUT2D eigenvalue weighted by molar-refractivity contribution is 7.13. The molecule has 0 aliphatic carbocycles. The molecule has 1 amide bonds. The number of carbonyl (C=O) groups is 2. The van der Waals surface area contributed by atoms with Crippen molar-refractivity contribution in [2.45, 2.75) is 51.5 Å². The lowest BCUT2D eigenvalue weighted by molar-refractivity contribution is -0.142. The first-order valence-corrected chi connectivity index (χ1v) is 8.86. The zero-order valence-electron chi connectivity index (χ0n) is 13.5. The number of hydrogen-bond donors (Lipinski definition) is 2. The van der Waals surface area contributed by atoms with E-state index in [2.05, 4.69) is 15.5 Å². The summed E-state index contributed by atoms with van der Waals surface area (Å²) in [6.07, 6.45) is 3.35. The Labute approximate surface area is 144 Å². The van der Waals surface area contributed by atoms with Crippen LogP contribution >= 0.6 is 11.3 Å². The van der Waals surface area contributed by atoms with Crippen LogP contribution in [0.4, 0.5) is 0 Å². The number of aliphatic carboxylic acids is 1. The third-order valence-electron chi connectivity index (χ3n) is 3.48. The zero-order valence-corrected chi connectivity index (χ0v) is 14.3. The van der Waals surface area contributed by atoms with E-state index in [9.17, 15) is 9.59 Å². The van der Waals surface area contributed by atoms with Crippen molar-refractivity contribution in [1.29, 1.82) is 0 Å². The fourth-order valence-electron chi connectivity index (χ4n) is 2.19. The molecule has 1 atom stereocenters. The molecule has 0 bridgehead atoms. The predicted octanol–water partition coefficient (Wildman–Crippen LogP) is 2.88. The molecule has 2 heterocycles. The molecule has 0 aromatic carbocycles. The number of aryl methyl sites for hydroxylation is 1. The maximum Gasteiger partial charge on any atom is 0.326 e. The van der Waals surface area contributed by atoms with Gasteiger partial charge in [-0.3, -0.25) is 4.79 Å². The Hall–Kier alpha value is -2.22. The Balaban J connectivity index is 1.75. The molecule has 2 aromatic heterocycles. The zero-order chi connectivity index (χ0) is 17.4. The normalized spacial score (nSPS) is 12.0. The van der Waals surface area contributed by atoms with Gasteiger partial charge in [-0.25, -0.2) is 4.79 Å². The Bertz CT molecular complexity index is 654. The number of rotatable bonds is 10. The smallest absolute Gasteiger partial charge is 0.326 e. The van der Waals surface area contributed by atoms with Gasteiger partial charge in [0.25, 0.3) is 0 Å². The van der Waals surface area contributed by atoms with Crippen molar-refractivity contribution < 1.29 is 19.2 Å². The van der Waals surface area contributed by atoms with Crippen molar-refractivity contribution >= 4 is 23.2 Å². The summed E-state index contributed by atoms with van der Waals surface area (Å²) in [5, 5.41) is 17.5. The van der Waals surface area contributed by atoms with E-state index in [4.69, 9.17) is 9.63 Å². The summed E-state index contributed by atoms with van der Waals surface area (Å²) in [4.78, 5) is 28.2. The van der Waals surface area contributed by atoms with E-state index in [0.29, 0.717) is 31.0 Å². The summed E-state index contributed by atoms with van der Waals surface area (Å²) in [6, 6.07) is 3.01. The SMILES string of the molecule is CCCCC(NC(=O)CCCc1nc(-c2cccs2)no1)C(=O)O. The standard InChI is InChI=1S/C16H21N3O4S/c1-2-3-6-11(16(21)22)17-13(20)8-4-9-14-18-15(19-23-14)12-7-5-10-24-12/h5,7,10-11H,2-4,6,8-9H2,1H3,(H,17,20)(H,21,22). The van der Waals surface area contributed by atoms with Crippen molar-refractivity contribution in [2.75, 3.05) is 0 Å². The van der Waals surface area contributed by atoms with Crippen LogP contribution in [0.3, 0.4) is 0 Å². The van der Waals surface area contributed by atoms with Crippen LogP contribution in [0.15, 0.2) is 22.0 Å². The molecule has 130 valence electrons. The van der Waals surface area contributed by atoms with Gasteiger partial charge in [0.15, 0.2) is 0 Å². The van der Waals surface area contributed by atoms with Crippen LogP contribution in [0, 0.1) is 0 Å². The van der Waals surface area contributed by atoms with Gasteiger partial charge in [0, 0.05) is 12.8 Å².